The fraction of sp³-hybridized carbons (Fsp3) is 0.933. The molecule has 4 nitrogen and oxygen atoms in total. The highest BCUT2D eigenvalue weighted by Crippen LogP contribution is 2.17. The van der Waals surface area contributed by atoms with Gasteiger partial charge in [0.1, 0.15) is 5.60 Å². The van der Waals surface area contributed by atoms with Crippen LogP contribution < -0.4 is 0 Å². The second kappa shape index (κ2) is 6.71. The summed E-state index contributed by atoms with van der Waals surface area (Å²) in [4.78, 5) is 16.8. The second-order valence-corrected chi connectivity index (χ2v) is 6.64. The maximum absolute atomic E-state index is 12.5. The highest BCUT2D eigenvalue weighted by molar-refractivity contribution is 5.84. The van der Waals surface area contributed by atoms with Gasteiger partial charge in [-0.2, -0.15) is 0 Å². The molecule has 0 spiro atoms. The van der Waals surface area contributed by atoms with Crippen LogP contribution in [-0.2, 0) is 9.53 Å². The van der Waals surface area contributed by atoms with E-state index in [4.69, 9.17) is 4.74 Å². The van der Waals surface area contributed by atoms with Crippen molar-refractivity contribution in [1.82, 2.24) is 9.80 Å². The fourth-order valence-corrected chi connectivity index (χ4v) is 2.26. The molecule has 0 radical (unpaired) electrons. The molecular weight excluding hydrogens is 240 g/mol. The Balaban J connectivity index is 2.49. The summed E-state index contributed by atoms with van der Waals surface area (Å²) in [7, 11) is 0. The van der Waals surface area contributed by atoms with Crippen molar-refractivity contribution < 1.29 is 9.53 Å². The summed E-state index contributed by atoms with van der Waals surface area (Å²) in [5, 5.41) is 0. The predicted octanol–water partition coefficient (Wildman–Crippen LogP) is 1.99. The minimum Gasteiger partial charge on any atom is -0.365 e. The van der Waals surface area contributed by atoms with Crippen LogP contribution in [0, 0.1) is 5.92 Å². The molecule has 1 fully saturated rings. The Morgan fingerprint density at radius 3 is 2.05 bits per heavy atom. The highest BCUT2D eigenvalue weighted by Gasteiger charge is 2.34. The molecule has 0 aromatic carbocycles. The van der Waals surface area contributed by atoms with E-state index in [1.54, 1.807) is 0 Å². The number of hydrogen-bond acceptors (Lipinski definition) is 3. The zero-order valence-corrected chi connectivity index (χ0v) is 13.4. The third kappa shape index (κ3) is 4.77. The van der Waals surface area contributed by atoms with Crippen LogP contribution in [0.15, 0.2) is 0 Å². The number of carbonyl (C=O) groups is 1. The molecule has 0 bridgehead atoms. The van der Waals surface area contributed by atoms with Crippen molar-refractivity contribution in [2.45, 2.75) is 53.2 Å². The Bertz CT molecular complexity index is 293. The summed E-state index contributed by atoms with van der Waals surface area (Å²) in [5.74, 6) is 0.571. The lowest BCUT2D eigenvalue weighted by atomic mass is 10.1. The van der Waals surface area contributed by atoms with Crippen molar-refractivity contribution >= 4 is 5.91 Å². The van der Waals surface area contributed by atoms with Crippen molar-refractivity contribution in [2.75, 3.05) is 32.8 Å². The zero-order chi connectivity index (χ0) is 14.6. The first-order valence-electron chi connectivity index (χ1n) is 7.41. The number of hydrogen-bond donors (Lipinski definition) is 0. The Kier molecular flexibility index (Phi) is 5.81. The van der Waals surface area contributed by atoms with E-state index in [1.165, 1.54) is 0 Å². The fourth-order valence-electron chi connectivity index (χ4n) is 2.26. The minimum absolute atomic E-state index is 0.122. The Hall–Kier alpha value is -0.610. The summed E-state index contributed by atoms with van der Waals surface area (Å²) >= 11 is 0. The van der Waals surface area contributed by atoms with Gasteiger partial charge in [-0.05, 0) is 33.6 Å². The van der Waals surface area contributed by atoms with Gasteiger partial charge >= 0.3 is 0 Å². The summed E-state index contributed by atoms with van der Waals surface area (Å²) in [6, 6.07) is 0.558. The van der Waals surface area contributed by atoms with Crippen LogP contribution in [0.25, 0.3) is 0 Å². The molecule has 0 N–H and O–H groups in total. The van der Waals surface area contributed by atoms with Crippen molar-refractivity contribution in [1.29, 1.82) is 0 Å². The quantitative estimate of drug-likeness (QED) is 0.766. The van der Waals surface area contributed by atoms with Crippen LogP contribution >= 0.6 is 0 Å². The topological polar surface area (TPSA) is 32.8 Å². The molecule has 1 aliphatic rings. The summed E-state index contributed by atoms with van der Waals surface area (Å²) in [6.45, 7) is 16.5. The largest absolute Gasteiger partial charge is 0.365 e. The molecule has 0 aromatic rings. The van der Waals surface area contributed by atoms with Gasteiger partial charge in [-0.15, -0.1) is 0 Å². The van der Waals surface area contributed by atoms with Crippen LogP contribution in [0.3, 0.4) is 0 Å². The van der Waals surface area contributed by atoms with E-state index in [2.05, 4.69) is 32.6 Å². The molecule has 0 saturated carbocycles. The molecule has 19 heavy (non-hydrogen) atoms. The number of nitrogens with zero attached hydrogens (tertiary/aromatic N) is 2. The molecule has 1 rings (SSSR count). The molecule has 112 valence electrons. The number of amides is 1. The molecule has 1 heterocycles. The standard InChI is InChI=1S/C15H30N2O2/c1-12(2)11-19-15(5,6)14(18)17-9-7-16(8-10-17)13(3)4/h12-13H,7-11H2,1-6H3. The SMILES string of the molecule is CC(C)COC(C)(C)C(=O)N1CCN(C(C)C)CC1. The predicted molar refractivity (Wildman–Crippen MR) is 78.2 cm³/mol. The van der Waals surface area contributed by atoms with Gasteiger partial charge in [0.2, 0.25) is 0 Å². The van der Waals surface area contributed by atoms with E-state index in [-0.39, 0.29) is 5.91 Å². The number of ether oxygens (including phenoxy) is 1. The molecular formula is C15H30N2O2. The van der Waals surface area contributed by atoms with E-state index in [0.717, 1.165) is 26.2 Å². The van der Waals surface area contributed by atoms with Gasteiger partial charge in [0, 0.05) is 32.2 Å². The normalized spacial score (nSPS) is 18.4. The van der Waals surface area contributed by atoms with E-state index in [9.17, 15) is 4.79 Å². The number of rotatable bonds is 5. The lowest BCUT2D eigenvalue weighted by Crippen LogP contribution is -2.56. The van der Waals surface area contributed by atoms with Crippen molar-refractivity contribution in [3.63, 3.8) is 0 Å². The van der Waals surface area contributed by atoms with Crippen LogP contribution in [-0.4, -0.2) is 60.1 Å². The average Bonchev–Trinajstić information content (AvgIpc) is 2.35. The van der Waals surface area contributed by atoms with Gasteiger partial charge in [0.05, 0.1) is 6.61 Å². The molecule has 4 heteroatoms. The Morgan fingerprint density at radius 1 is 1.11 bits per heavy atom. The zero-order valence-electron chi connectivity index (χ0n) is 13.4. The summed E-state index contributed by atoms with van der Waals surface area (Å²) in [6.07, 6.45) is 0. The van der Waals surface area contributed by atoms with E-state index < -0.39 is 5.60 Å². The highest BCUT2D eigenvalue weighted by atomic mass is 16.5. The molecule has 0 aromatic heterocycles. The molecule has 0 aliphatic carbocycles. The third-order valence-electron chi connectivity index (χ3n) is 3.62. The van der Waals surface area contributed by atoms with Crippen LogP contribution in [0.2, 0.25) is 0 Å². The van der Waals surface area contributed by atoms with Crippen LogP contribution in [0.5, 0.6) is 0 Å². The minimum atomic E-state index is -0.704. The third-order valence-corrected chi connectivity index (χ3v) is 3.62. The van der Waals surface area contributed by atoms with Gasteiger partial charge in [0.15, 0.2) is 0 Å². The number of carbonyl (C=O) groups excluding carboxylic acids is 1. The molecule has 0 atom stereocenters. The smallest absolute Gasteiger partial charge is 0.254 e. The lowest BCUT2D eigenvalue weighted by molar-refractivity contribution is -0.157. The first kappa shape index (κ1) is 16.4. The van der Waals surface area contributed by atoms with E-state index >= 15 is 0 Å². The molecule has 1 amide bonds. The maximum atomic E-state index is 12.5. The monoisotopic (exact) mass is 270 g/mol. The maximum Gasteiger partial charge on any atom is 0.254 e. The second-order valence-electron chi connectivity index (χ2n) is 6.64. The Morgan fingerprint density at radius 2 is 1.63 bits per heavy atom. The van der Waals surface area contributed by atoms with Gasteiger partial charge in [-0.3, -0.25) is 9.69 Å². The first-order chi connectivity index (χ1) is 8.74. The average molecular weight is 270 g/mol. The summed E-state index contributed by atoms with van der Waals surface area (Å²) in [5.41, 5.74) is -0.704. The lowest BCUT2D eigenvalue weighted by Gasteiger charge is -2.40. The molecule has 0 unspecified atom stereocenters. The van der Waals surface area contributed by atoms with Crippen molar-refractivity contribution in [3.8, 4) is 0 Å². The summed E-state index contributed by atoms with van der Waals surface area (Å²) < 4.78 is 5.78. The van der Waals surface area contributed by atoms with Crippen LogP contribution in [0.1, 0.15) is 41.5 Å². The first-order valence-corrected chi connectivity index (χ1v) is 7.41. The Labute approximate surface area is 118 Å². The number of piperazine rings is 1. The van der Waals surface area contributed by atoms with Gasteiger partial charge in [-0.1, -0.05) is 13.8 Å². The van der Waals surface area contributed by atoms with Gasteiger partial charge in [-0.25, -0.2) is 0 Å². The van der Waals surface area contributed by atoms with Gasteiger partial charge in [0.25, 0.3) is 5.91 Å². The van der Waals surface area contributed by atoms with Crippen LogP contribution in [0.4, 0.5) is 0 Å². The molecule has 1 aliphatic heterocycles. The van der Waals surface area contributed by atoms with Crippen molar-refractivity contribution in [2.24, 2.45) is 5.92 Å². The van der Waals surface area contributed by atoms with E-state index in [0.29, 0.717) is 18.6 Å². The van der Waals surface area contributed by atoms with E-state index in [1.807, 2.05) is 18.7 Å². The van der Waals surface area contributed by atoms with Gasteiger partial charge < -0.3 is 9.64 Å². The van der Waals surface area contributed by atoms with Crippen molar-refractivity contribution in [3.05, 3.63) is 0 Å². The molecule has 1 saturated heterocycles.